The second-order valence-electron chi connectivity index (χ2n) is 10.2. The summed E-state index contributed by atoms with van der Waals surface area (Å²) < 4.78 is 11.8. The summed E-state index contributed by atoms with van der Waals surface area (Å²) in [6.45, 7) is 3.27. The summed E-state index contributed by atoms with van der Waals surface area (Å²) in [6.07, 6.45) is 17.0. The fourth-order valence-corrected chi connectivity index (χ4v) is 4.05. The minimum atomic E-state index is -0.849. The van der Waals surface area contributed by atoms with Crippen LogP contribution in [0.15, 0.2) is 30.4 Å². The lowest BCUT2D eigenvalue weighted by molar-refractivity contribution is -0.137. The van der Waals surface area contributed by atoms with Crippen molar-refractivity contribution in [3.63, 3.8) is 0 Å². The van der Waals surface area contributed by atoms with Crippen LogP contribution in [0, 0.1) is 0 Å². The van der Waals surface area contributed by atoms with E-state index in [0.29, 0.717) is 37.6 Å². The van der Waals surface area contributed by atoms with E-state index in [4.69, 9.17) is 14.6 Å². The summed E-state index contributed by atoms with van der Waals surface area (Å²) in [5.41, 5.74) is 0.824. The highest BCUT2D eigenvalue weighted by Gasteiger charge is 2.09. The van der Waals surface area contributed by atoms with Crippen LogP contribution in [0.3, 0.4) is 0 Å². The second-order valence-corrected chi connectivity index (χ2v) is 10.2. The number of allylic oxidation sites excluding steroid dienone is 1. The fourth-order valence-electron chi connectivity index (χ4n) is 4.05. The van der Waals surface area contributed by atoms with Crippen molar-refractivity contribution in [3.05, 3.63) is 35.9 Å². The first-order valence-electron chi connectivity index (χ1n) is 14.5. The van der Waals surface area contributed by atoms with E-state index in [0.717, 1.165) is 50.5 Å². The summed E-state index contributed by atoms with van der Waals surface area (Å²) in [7, 11) is 3.50. The van der Waals surface area contributed by atoms with Gasteiger partial charge in [0.1, 0.15) is 11.5 Å². The van der Waals surface area contributed by atoms with E-state index in [1.165, 1.54) is 32.1 Å². The van der Waals surface area contributed by atoms with Gasteiger partial charge in [-0.05, 0) is 68.7 Å². The predicted molar refractivity (Wildman–Crippen MR) is 153 cm³/mol. The molecule has 2 N–H and O–H groups in total. The van der Waals surface area contributed by atoms with Gasteiger partial charge in [0.15, 0.2) is 0 Å². The molecule has 1 aromatic rings. The number of amides is 1. The maximum absolute atomic E-state index is 11.7. The van der Waals surface area contributed by atoms with Gasteiger partial charge in [-0.15, -0.1) is 0 Å². The van der Waals surface area contributed by atoms with Gasteiger partial charge in [-0.25, -0.2) is 0 Å². The van der Waals surface area contributed by atoms with Crippen molar-refractivity contribution in [3.8, 4) is 11.5 Å². The number of rotatable bonds is 23. The second kappa shape index (κ2) is 21.4. The average Bonchev–Trinajstić information content (AvgIpc) is 2.89. The molecule has 0 aliphatic heterocycles. The number of aryl methyl sites for hydroxylation is 1. The smallest absolute Gasteiger partial charge is 0.303 e. The number of nitrogens with zero attached hydrogens (tertiary/aromatic N) is 1. The molecule has 0 saturated carbocycles. The number of unbranched alkanes of at least 4 members (excludes halogenated alkanes) is 8. The zero-order valence-corrected chi connectivity index (χ0v) is 24.0. The predicted octanol–water partition coefficient (Wildman–Crippen LogP) is 6.56. The monoisotopic (exact) mass is 533 g/mol. The van der Waals surface area contributed by atoms with Gasteiger partial charge in [-0.1, -0.05) is 57.6 Å². The quantitative estimate of drug-likeness (QED) is 0.122. The Kier molecular flexibility index (Phi) is 18.9. The van der Waals surface area contributed by atoms with Crippen LogP contribution >= 0.6 is 0 Å². The number of carboxylic acids is 1. The minimum Gasteiger partial charge on any atom is -0.494 e. The van der Waals surface area contributed by atoms with Crippen LogP contribution in [0.4, 0.5) is 0 Å². The summed E-state index contributed by atoms with van der Waals surface area (Å²) in [5.74, 6) is 0.638. The van der Waals surface area contributed by atoms with Gasteiger partial charge in [0.25, 0.3) is 0 Å². The maximum atomic E-state index is 11.7. The van der Waals surface area contributed by atoms with Gasteiger partial charge < -0.3 is 24.6 Å². The standard InChI is InChI=1S/C31H51NO6/c1-4-5-6-7-8-11-16-27(33)17-12-9-10-14-24-38-29-21-20-28(25-26(29)19-22-31(35)36)37-23-15-13-18-30(34)32(2)3/h12,17,20-21,25,27,33H,4-11,13-16,18-19,22-24H2,1-3H3,(H,35,36). The van der Waals surface area contributed by atoms with Gasteiger partial charge in [-0.3, -0.25) is 9.59 Å². The number of aliphatic hydroxyl groups is 1. The summed E-state index contributed by atoms with van der Waals surface area (Å²) >= 11 is 0. The summed E-state index contributed by atoms with van der Waals surface area (Å²) in [5, 5.41) is 19.2. The Balaban J connectivity index is 2.35. The van der Waals surface area contributed by atoms with Crippen molar-refractivity contribution in [1.82, 2.24) is 4.90 Å². The number of hydrogen-bond donors (Lipinski definition) is 2. The van der Waals surface area contributed by atoms with E-state index < -0.39 is 5.97 Å². The molecule has 216 valence electrons. The van der Waals surface area contributed by atoms with E-state index in [-0.39, 0.29) is 18.4 Å². The molecular formula is C31H51NO6. The number of benzene rings is 1. The number of aliphatic hydroxyl groups excluding tert-OH is 1. The van der Waals surface area contributed by atoms with E-state index in [9.17, 15) is 14.7 Å². The van der Waals surface area contributed by atoms with Crippen LogP contribution in [0.1, 0.15) is 102 Å². The molecule has 0 spiro atoms. The molecule has 1 amide bonds. The maximum Gasteiger partial charge on any atom is 0.303 e. The van der Waals surface area contributed by atoms with Crippen molar-refractivity contribution in [2.24, 2.45) is 0 Å². The normalized spacial score (nSPS) is 12.0. The Hall–Kier alpha value is -2.54. The number of ether oxygens (including phenoxy) is 2. The molecular weight excluding hydrogens is 482 g/mol. The zero-order valence-electron chi connectivity index (χ0n) is 24.0. The van der Waals surface area contributed by atoms with Crippen molar-refractivity contribution in [1.29, 1.82) is 0 Å². The molecule has 0 saturated heterocycles. The molecule has 0 radical (unpaired) electrons. The van der Waals surface area contributed by atoms with Gasteiger partial charge in [0.05, 0.1) is 19.3 Å². The first kappa shape index (κ1) is 33.5. The molecule has 7 heteroatoms. The molecule has 0 aliphatic carbocycles. The number of carbonyl (C=O) groups excluding carboxylic acids is 1. The molecule has 0 heterocycles. The topological polar surface area (TPSA) is 96.3 Å². The van der Waals surface area contributed by atoms with E-state index in [1.54, 1.807) is 19.0 Å². The Morgan fingerprint density at radius 2 is 1.63 bits per heavy atom. The molecule has 1 aromatic carbocycles. The zero-order chi connectivity index (χ0) is 28.0. The first-order valence-corrected chi connectivity index (χ1v) is 14.5. The van der Waals surface area contributed by atoms with Gasteiger partial charge in [0, 0.05) is 26.9 Å². The third kappa shape index (κ3) is 17.1. The Morgan fingerprint density at radius 1 is 0.921 bits per heavy atom. The number of carbonyl (C=O) groups is 2. The molecule has 38 heavy (non-hydrogen) atoms. The van der Waals surface area contributed by atoms with Crippen LogP contribution < -0.4 is 9.47 Å². The van der Waals surface area contributed by atoms with Crippen molar-refractivity contribution in [2.45, 2.75) is 109 Å². The molecule has 1 unspecified atom stereocenters. The first-order chi connectivity index (χ1) is 18.3. The third-order valence-electron chi connectivity index (χ3n) is 6.43. The van der Waals surface area contributed by atoms with Gasteiger partial charge in [-0.2, -0.15) is 0 Å². The highest BCUT2D eigenvalue weighted by molar-refractivity contribution is 5.75. The largest absolute Gasteiger partial charge is 0.494 e. The highest BCUT2D eigenvalue weighted by atomic mass is 16.5. The lowest BCUT2D eigenvalue weighted by atomic mass is 10.1. The number of hydrogen-bond acceptors (Lipinski definition) is 5. The van der Waals surface area contributed by atoms with Crippen LogP contribution in [0.2, 0.25) is 0 Å². The lowest BCUT2D eigenvalue weighted by Crippen LogP contribution is -2.21. The van der Waals surface area contributed by atoms with E-state index in [2.05, 4.69) is 13.0 Å². The Labute approximate surface area is 230 Å². The number of aliphatic carboxylic acids is 1. The highest BCUT2D eigenvalue weighted by Crippen LogP contribution is 2.26. The number of carboxylic acid groups (broad SMARTS) is 1. The molecule has 0 aromatic heterocycles. The van der Waals surface area contributed by atoms with Crippen molar-refractivity contribution in [2.75, 3.05) is 27.3 Å². The Bertz CT molecular complexity index is 808. The van der Waals surface area contributed by atoms with Crippen LogP contribution in [0.25, 0.3) is 0 Å². The van der Waals surface area contributed by atoms with Gasteiger partial charge in [0.2, 0.25) is 5.91 Å². The average molecular weight is 534 g/mol. The van der Waals surface area contributed by atoms with Gasteiger partial charge >= 0.3 is 5.97 Å². The molecule has 7 nitrogen and oxygen atoms in total. The van der Waals surface area contributed by atoms with Crippen molar-refractivity contribution < 1.29 is 29.3 Å². The summed E-state index contributed by atoms with van der Waals surface area (Å²) in [6, 6.07) is 5.55. The molecule has 1 rings (SSSR count). The third-order valence-corrected chi connectivity index (χ3v) is 6.43. The van der Waals surface area contributed by atoms with Crippen molar-refractivity contribution >= 4 is 11.9 Å². The molecule has 1 atom stereocenters. The SMILES string of the molecule is CCCCCCCCC(O)C=CCCCCOc1ccc(OCCCCC(=O)N(C)C)cc1CCC(=O)O. The Morgan fingerprint density at radius 3 is 2.37 bits per heavy atom. The molecule has 0 aliphatic rings. The molecule has 0 bridgehead atoms. The van der Waals surface area contributed by atoms with Crippen LogP contribution in [-0.4, -0.2) is 60.4 Å². The van der Waals surface area contributed by atoms with Crippen LogP contribution in [-0.2, 0) is 16.0 Å². The molecule has 0 fully saturated rings. The van der Waals surface area contributed by atoms with E-state index >= 15 is 0 Å². The fraction of sp³-hybridized carbons (Fsp3) is 0.677. The lowest BCUT2D eigenvalue weighted by Gasteiger charge is -2.14. The van der Waals surface area contributed by atoms with E-state index in [1.807, 2.05) is 24.3 Å². The van der Waals surface area contributed by atoms with Crippen LogP contribution in [0.5, 0.6) is 11.5 Å². The minimum absolute atomic E-state index is 0.0261. The summed E-state index contributed by atoms with van der Waals surface area (Å²) in [4.78, 5) is 24.3.